The molecule has 1 N–H and O–H groups in total. The zero-order valence-electron chi connectivity index (χ0n) is 10.4. The molecule has 0 aliphatic heterocycles. The van der Waals surface area contributed by atoms with Gasteiger partial charge in [-0.2, -0.15) is 5.10 Å². The topological polar surface area (TPSA) is 39.1 Å². The molecule has 90 valence electrons. The molecule has 0 atom stereocenters. The van der Waals surface area contributed by atoms with Crippen LogP contribution in [0.15, 0.2) is 12.7 Å². The summed E-state index contributed by atoms with van der Waals surface area (Å²) in [4.78, 5) is 0. The van der Waals surface area contributed by atoms with E-state index in [-0.39, 0.29) is 0 Å². The highest BCUT2D eigenvalue weighted by molar-refractivity contribution is 5.30. The molecule has 0 unspecified atom stereocenters. The van der Waals surface area contributed by atoms with Crippen LogP contribution < -0.4 is 10.1 Å². The number of aryl methyl sites for hydroxylation is 2. The lowest BCUT2D eigenvalue weighted by atomic mass is 10.2. The van der Waals surface area contributed by atoms with Gasteiger partial charge < -0.3 is 10.1 Å². The standard InChI is InChI=1S/C12H21N3O/c1-5-7-13-9-11-10(3)14-15(4)12(11)16-8-6-2/h6,13H,2,5,7-9H2,1,3-4H3. The van der Waals surface area contributed by atoms with Crippen molar-refractivity contribution in [3.63, 3.8) is 0 Å². The van der Waals surface area contributed by atoms with E-state index in [2.05, 4.69) is 23.9 Å². The second-order valence-electron chi connectivity index (χ2n) is 3.77. The summed E-state index contributed by atoms with van der Waals surface area (Å²) >= 11 is 0. The SMILES string of the molecule is C=CCOc1c(CNCCC)c(C)nn1C. The first kappa shape index (κ1) is 12.8. The monoisotopic (exact) mass is 223 g/mol. The van der Waals surface area contributed by atoms with E-state index in [0.717, 1.165) is 36.6 Å². The van der Waals surface area contributed by atoms with E-state index in [1.54, 1.807) is 10.8 Å². The van der Waals surface area contributed by atoms with Crippen molar-refractivity contribution in [2.45, 2.75) is 26.8 Å². The van der Waals surface area contributed by atoms with Crippen molar-refractivity contribution >= 4 is 0 Å². The van der Waals surface area contributed by atoms with E-state index in [1.807, 2.05) is 14.0 Å². The van der Waals surface area contributed by atoms with Gasteiger partial charge in [0.1, 0.15) is 6.61 Å². The molecule has 16 heavy (non-hydrogen) atoms. The molecular formula is C12H21N3O. The fraction of sp³-hybridized carbons (Fsp3) is 0.583. The molecule has 0 fully saturated rings. The van der Waals surface area contributed by atoms with Crippen LogP contribution >= 0.6 is 0 Å². The Labute approximate surface area is 97.3 Å². The quantitative estimate of drug-likeness (QED) is 0.566. The Morgan fingerprint density at radius 3 is 2.94 bits per heavy atom. The van der Waals surface area contributed by atoms with Gasteiger partial charge in [-0.05, 0) is 19.9 Å². The largest absolute Gasteiger partial charge is 0.473 e. The van der Waals surface area contributed by atoms with Crippen molar-refractivity contribution in [3.05, 3.63) is 23.9 Å². The third-order valence-electron chi connectivity index (χ3n) is 2.36. The van der Waals surface area contributed by atoms with Gasteiger partial charge in [-0.1, -0.05) is 19.6 Å². The second kappa shape index (κ2) is 6.33. The summed E-state index contributed by atoms with van der Waals surface area (Å²) in [7, 11) is 1.90. The average Bonchev–Trinajstić information content (AvgIpc) is 2.52. The van der Waals surface area contributed by atoms with E-state index in [1.165, 1.54) is 0 Å². The van der Waals surface area contributed by atoms with Crippen LogP contribution in [0.1, 0.15) is 24.6 Å². The molecule has 0 aromatic carbocycles. The molecule has 0 saturated heterocycles. The Morgan fingerprint density at radius 1 is 1.56 bits per heavy atom. The Kier molecular flexibility index (Phi) is 5.05. The first-order valence-electron chi connectivity index (χ1n) is 5.67. The molecule has 0 radical (unpaired) electrons. The maximum Gasteiger partial charge on any atom is 0.216 e. The fourth-order valence-corrected chi connectivity index (χ4v) is 1.59. The lowest BCUT2D eigenvalue weighted by Gasteiger charge is -2.07. The summed E-state index contributed by atoms with van der Waals surface area (Å²) in [6, 6.07) is 0. The molecule has 1 aromatic rings. The summed E-state index contributed by atoms with van der Waals surface area (Å²) in [5, 5.41) is 7.72. The molecule has 0 saturated carbocycles. The maximum atomic E-state index is 5.61. The van der Waals surface area contributed by atoms with Crippen LogP contribution in [-0.2, 0) is 13.6 Å². The minimum absolute atomic E-state index is 0.514. The number of nitrogens with one attached hydrogen (secondary N) is 1. The lowest BCUT2D eigenvalue weighted by molar-refractivity contribution is 0.325. The smallest absolute Gasteiger partial charge is 0.216 e. The van der Waals surface area contributed by atoms with Crippen LogP contribution in [0.4, 0.5) is 0 Å². The van der Waals surface area contributed by atoms with Crippen LogP contribution in [0.25, 0.3) is 0 Å². The van der Waals surface area contributed by atoms with Crippen molar-refractivity contribution in [3.8, 4) is 5.88 Å². The van der Waals surface area contributed by atoms with Gasteiger partial charge in [0.2, 0.25) is 5.88 Å². The lowest BCUT2D eigenvalue weighted by Crippen LogP contribution is -2.15. The Hall–Kier alpha value is -1.29. The number of hydrogen-bond acceptors (Lipinski definition) is 3. The Morgan fingerprint density at radius 2 is 2.31 bits per heavy atom. The number of hydrogen-bond donors (Lipinski definition) is 1. The predicted octanol–water partition coefficient (Wildman–Crippen LogP) is 1.79. The van der Waals surface area contributed by atoms with Gasteiger partial charge in [0.05, 0.1) is 11.3 Å². The molecule has 1 aromatic heterocycles. The highest BCUT2D eigenvalue weighted by Gasteiger charge is 2.13. The number of aromatic nitrogens is 2. The van der Waals surface area contributed by atoms with Gasteiger partial charge in [-0.3, -0.25) is 0 Å². The normalized spacial score (nSPS) is 10.4. The third-order valence-corrected chi connectivity index (χ3v) is 2.36. The summed E-state index contributed by atoms with van der Waals surface area (Å²) in [6.07, 6.45) is 2.87. The maximum absolute atomic E-state index is 5.61. The van der Waals surface area contributed by atoms with Crippen molar-refractivity contribution in [2.75, 3.05) is 13.2 Å². The van der Waals surface area contributed by atoms with Crippen LogP contribution in [0, 0.1) is 6.92 Å². The number of ether oxygens (including phenoxy) is 1. The van der Waals surface area contributed by atoms with Crippen LogP contribution in [0.3, 0.4) is 0 Å². The van der Waals surface area contributed by atoms with Crippen LogP contribution in [0.2, 0.25) is 0 Å². The summed E-state index contributed by atoms with van der Waals surface area (Å²) in [5.74, 6) is 0.834. The first-order valence-corrected chi connectivity index (χ1v) is 5.67. The van der Waals surface area contributed by atoms with Crippen LogP contribution in [-0.4, -0.2) is 22.9 Å². The van der Waals surface area contributed by atoms with Gasteiger partial charge in [0.25, 0.3) is 0 Å². The van der Waals surface area contributed by atoms with E-state index in [0.29, 0.717) is 6.61 Å². The van der Waals surface area contributed by atoms with Gasteiger partial charge in [-0.15, -0.1) is 0 Å². The Bertz CT molecular complexity index is 344. The molecule has 0 aliphatic carbocycles. The summed E-state index contributed by atoms with van der Waals surface area (Å²) in [6.45, 7) is 10.1. The van der Waals surface area contributed by atoms with Crippen molar-refractivity contribution in [2.24, 2.45) is 7.05 Å². The molecule has 1 heterocycles. The molecule has 0 bridgehead atoms. The van der Waals surface area contributed by atoms with Gasteiger partial charge in [-0.25, -0.2) is 4.68 Å². The highest BCUT2D eigenvalue weighted by atomic mass is 16.5. The van der Waals surface area contributed by atoms with Gasteiger partial charge in [0.15, 0.2) is 0 Å². The fourth-order valence-electron chi connectivity index (χ4n) is 1.59. The van der Waals surface area contributed by atoms with Crippen molar-refractivity contribution < 1.29 is 4.74 Å². The molecule has 4 nitrogen and oxygen atoms in total. The van der Waals surface area contributed by atoms with E-state index >= 15 is 0 Å². The van der Waals surface area contributed by atoms with Gasteiger partial charge in [0, 0.05) is 13.6 Å². The van der Waals surface area contributed by atoms with E-state index in [4.69, 9.17) is 4.74 Å². The minimum Gasteiger partial charge on any atom is -0.473 e. The van der Waals surface area contributed by atoms with Crippen molar-refractivity contribution in [1.29, 1.82) is 0 Å². The molecule has 1 rings (SSSR count). The number of nitrogens with zero attached hydrogens (tertiary/aromatic N) is 2. The molecular weight excluding hydrogens is 202 g/mol. The van der Waals surface area contributed by atoms with Crippen LogP contribution in [0.5, 0.6) is 5.88 Å². The first-order chi connectivity index (χ1) is 7.70. The summed E-state index contributed by atoms with van der Waals surface area (Å²) in [5.41, 5.74) is 2.16. The summed E-state index contributed by atoms with van der Waals surface area (Å²) < 4.78 is 7.39. The molecule has 0 amide bonds. The Balaban J connectivity index is 2.74. The average molecular weight is 223 g/mol. The second-order valence-corrected chi connectivity index (χ2v) is 3.77. The molecule has 0 spiro atoms. The zero-order valence-corrected chi connectivity index (χ0v) is 10.4. The zero-order chi connectivity index (χ0) is 12.0. The van der Waals surface area contributed by atoms with E-state index in [9.17, 15) is 0 Å². The third kappa shape index (κ3) is 3.10. The predicted molar refractivity (Wildman–Crippen MR) is 65.6 cm³/mol. The highest BCUT2D eigenvalue weighted by Crippen LogP contribution is 2.21. The number of rotatable bonds is 7. The molecule has 4 heteroatoms. The van der Waals surface area contributed by atoms with Gasteiger partial charge >= 0.3 is 0 Å². The minimum atomic E-state index is 0.514. The molecule has 0 aliphatic rings. The van der Waals surface area contributed by atoms with Crippen molar-refractivity contribution in [1.82, 2.24) is 15.1 Å². The van der Waals surface area contributed by atoms with E-state index < -0.39 is 0 Å².